The summed E-state index contributed by atoms with van der Waals surface area (Å²) in [5.41, 5.74) is 1.93. The van der Waals surface area contributed by atoms with Crippen LogP contribution in [-0.2, 0) is 11.2 Å². The van der Waals surface area contributed by atoms with Crippen LogP contribution in [0.25, 0.3) is 0 Å². The van der Waals surface area contributed by atoms with Crippen molar-refractivity contribution in [3.63, 3.8) is 0 Å². The van der Waals surface area contributed by atoms with Gasteiger partial charge in [-0.2, -0.15) is 0 Å². The molecule has 104 valence electrons. The predicted octanol–water partition coefficient (Wildman–Crippen LogP) is 2.63. The molecular formula is C14H20N2O3. The Morgan fingerprint density at radius 2 is 2.05 bits per heavy atom. The average molecular weight is 264 g/mol. The molecule has 0 aliphatic rings. The SMILES string of the molecule is CCc1cccc(NC(=O)NCCCCC(=O)O)c1. The van der Waals surface area contributed by atoms with Crippen molar-refractivity contribution in [2.45, 2.75) is 32.6 Å². The lowest BCUT2D eigenvalue weighted by molar-refractivity contribution is -0.137. The van der Waals surface area contributed by atoms with Crippen LogP contribution < -0.4 is 10.6 Å². The third-order valence-electron chi connectivity index (χ3n) is 2.70. The van der Waals surface area contributed by atoms with Crippen LogP contribution >= 0.6 is 0 Å². The summed E-state index contributed by atoms with van der Waals surface area (Å²) in [6.45, 7) is 2.54. The number of nitrogens with one attached hydrogen (secondary N) is 2. The van der Waals surface area contributed by atoms with Crippen molar-refractivity contribution >= 4 is 17.7 Å². The molecule has 0 spiro atoms. The number of aliphatic carboxylic acids is 1. The molecule has 0 atom stereocenters. The number of rotatable bonds is 7. The van der Waals surface area contributed by atoms with E-state index in [0.29, 0.717) is 19.4 Å². The molecule has 5 nitrogen and oxygen atoms in total. The summed E-state index contributed by atoms with van der Waals surface area (Å²) in [6, 6.07) is 7.42. The molecule has 0 aliphatic heterocycles. The highest BCUT2D eigenvalue weighted by molar-refractivity contribution is 5.89. The molecule has 0 bridgehead atoms. The lowest BCUT2D eigenvalue weighted by Gasteiger charge is -2.08. The monoisotopic (exact) mass is 264 g/mol. The minimum atomic E-state index is -0.805. The first-order valence-electron chi connectivity index (χ1n) is 6.47. The van der Waals surface area contributed by atoms with Gasteiger partial charge in [-0.15, -0.1) is 0 Å². The molecule has 0 saturated carbocycles. The van der Waals surface area contributed by atoms with E-state index in [9.17, 15) is 9.59 Å². The Balaban J connectivity index is 2.25. The molecular weight excluding hydrogens is 244 g/mol. The van der Waals surface area contributed by atoms with Crippen LogP contribution in [0.15, 0.2) is 24.3 Å². The van der Waals surface area contributed by atoms with Crippen LogP contribution in [0.3, 0.4) is 0 Å². The second-order valence-corrected chi connectivity index (χ2v) is 4.29. The molecule has 0 aromatic heterocycles. The predicted molar refractivity (Wildman–Crippen MR) is 74.3 cm³/mol. The molecule has 1 aromatic rings. The second kappa shape index (κ2) is 8.13. The first kappa shape index (κ1) is 15.0. The third kappa shape index (κ3) is 6.45. The van der Waals surface area contributed by atoms with Gasteiger partial charge in [-0.3, -0.25) is 4.79 Å². The molecule has 0 fully saturated rings. The van der Waals surface area contributed by atoms with Gasteiger partial charge >= 0.3 is 12.0 Å². The second-order valence-electron chi connectivity index (χ2n) is 4.29. The van der Waals surface area contributed by atoms with E-state index in [1.165, 1.54) is 5.56 Å². The summed E-state index contributed by atoms with van der Waals surface area (Å²) in [5.74, 6) is -0.805. The summed E-state index contributed by atoms with van der Waals surface area (Å²) in [7, 11) is 0. The number of carbonyl (C=O) groups is 2. The van der Waals surface area contributed by atoms with Gasteiger partial charge in [0.15, 0.2) is 0 Å². The molecule has 0 aliphatic carbocycles. The maximum Gasteiger partial charge on any atom is 0.319 e. The Labute approximate surface area is 113 Å². The maximum atomic E-state index is 11.6. The normalized spacial score (nSPS) is 9.95. The van der Waals surface area contributed by atoms with E-state index in [1.807, 2.05) is 24.3 Å². The topological polar surface area (TPSA) is 78.4 Å². The van der Waals surface area contributed by atoms with Crippen LogP contribution in [0.2, 0.25) is 0 Å². The molecule has 0 heterocycles. The largest absolute Gasteiger partial charge is 0.481 e. The van der Waals surface area contributed by atoms with E-state index in [4.69, 9.17) is 5.11 Å². The van der Waals surface area contributed by atoms with Gasteiger partial charge in [-0.05, 0) is 37.0 Å². The zero-order valence-corrected chi connectivity index (χ0v) is 11.1. The molecule has 0 saturated heterocycles. The van der Waals surface area contributed by atoms with Crippen LogP contribution in [0.4, 0.5) is 10.5 Å². The molecule has 2 amide bonds. The minimum absolute atomic E-state index is 0.141. The van der Waals surface area contributed by atoms with Gasteiger partial charge < -0.3 is 15.7 Å². The minimum Gasteiger partial charge on any atom is -0.481 e. The lowest BCUT2D eigenvalue weighted by atomic mass is 10.1. The van der Waals surface area contributed by atoms with Gasteiger partial charge in [0, 0.05) is 18.7 Å². The van der Waals surface area contributed by atoms with E-state index in [2.05, 4.69) is 17.6 Å². The summed E-state index contributed by atoms with van der Waals surface area (Å²) in [5, 5.41) is 13.9. The standard InChI is InChI=1S/C14H20N2O3/c1-2-11-6-5-7-12(10-11)16-14(19)15-9-4-3-8-13(17)18/h5-7,10H,2-4,8-9H2,1H3,(H,17,18)(H2,15,16,19). The number of benzene rings is 1. The third-order valence-corrected chi connectivity index (χ3v) is 2.70. The number of hydrogen-bond donors (Lipinski definition) is 3. The van der Waals surface area contributed by atoms with Crippen molar-refractivity contribution in [3.05, 3.63) is 29.8 Å². The Morgan fingerprint density at radius 3 is 2.74 bits per heavy atom. The molecule has 1 aromatic carbocycles. The van der Waals surface area contributed by atoms with Crippen LogP contribution in [0.5, 0.6) is 0 Å². The Bertz CT molecular complexity index is 432. The molecule has 1 rings (SSSR count). The first-order chi connectivity index (χ1) is 9.11. The zero-order chi connectivity index (χ0) is 14.1. The van der Waals surface area contributed by atoms with E-state index in [0.717, 1.165) is 12.1 Å². The molecule has 5 heteroatoms. The van der Waals surface area contributed by atoms with Crippen LogP contribution in [0.1, 0.15) is 31.7 Å². The summed E-state index contributed by atoms with van der Waals surface area (Å²) >= 11 is 0. The van der Waals surface area contributed by atoms with Crippen molar-refractivity contribution in [1.82, 2.24) is 5.32 Å². The smallest absolute Gasteiger partial charge is 0.319 e. The van der Waals surface area contributed by atoms with Crippen molar-refractivity contribution in [2.24, 2.45) is 0 Å². The molecule has 19 heavy (non-hydrogen) atoms. The van der Waals surface area contributed by atoms with Crippen molar-refractivity contribution in [2.75, 3.05) is 11.9 Å². The van der Waals surface area contributed by atoms with Gasteiger partial charge in [0.1, 0.15) is 0 Å². The Hall–Kier alpha value is -2.04. The number of unbranched alkanes of at least 4 members (excludes halogenated alkanes) is 1. The number of urea groups is 1. The van der Waals surface area contributed by atoms with Gasteiger partial charge in [0.2, 0.25) is 0 Å². The highest BCUT2D eigenvalue weighted by Gasteiger charge is 2.02. The average Bonchev–Trinajstić information content (AvgIpc) is 2.38. The fraction of sp³-hybridized carbons (Fsp3) is 0.429. The molecule has 0 unspecified atom stereocenters. The van der Waals surface area contributed by atoms with E-state index in [1.54, 1.807) is 0 Å². The number of aryl methyl sites for hydroxylation is 1. The highest BCUT2D eigenvalue weighted by Crippen LogP contribution is 2.10. The number of anilines is 1. The lowest BCUT2D eigenvalue weighted by Crippen LogP contribution is -2.29. The fourth-order valence-corrected chi connectivity index (χ4v) is 1.65. The van der Waals surface area contributed by atoms with Gasteiger partial charge in [-0.25, -0.2) is 4.79 Å². The zero-order valence-electron chi connectivity index (χ0n) is 11.1. The quantitative estimate of drug-likeness (QED) is 0.662. The molecule has 0 radical (unpaired) electrons. The van der Waals surface area contributed by atoms with Gasteiger partial charge in [0.25, 0.3) is 0 Å². The first-order valence-corrected chi connectivity index (χ1v) is 6.47. The van der Waals surface area contributed by atoms with E-state index in [-0.39, 0.29) is 12.5 Å². The number of carboxylic acid groups (broad SMARTS) is 1. The molecule has 3 N–H and O–H groups in total. The summed E-state index contributed by atoms with van der Waals surface area (Å²) < 4.78 is 0. The van der Waals surface area contributed by atoms with Crippen molar-refractivity contribution in [1.29, 1.82) is 0 Å². The van der Waals surface area contributed by atoms with E-state index >= 15 is 0 Å². The number of carbonyl (C=O) groups excluding carboxylic acids is 1. The Morgan fingerprint density at radius 1 is 1.26 bits per heavy atom. The van der Waals surface area contributed by atoms with Crippen molar-refractivity contribution < 1.29 is 14.7 Å². The maximum absolute atomic E-state index is 11.6. The summed E-state index contributed by atoms with van der Waals surface area (Å²) in [6.07, 6.45) is 2.30. The number of amides is 2. The number of hydrogen-bond acceptors (Lipinski definition) is 2. The van der Waals surface area contributed by atoms with Crippen LogP contribution in [0, 0.1) is 0 Å². The summed E-state index contributed by atoms with van der Waals surface area (Å²) in [4.78, 5) is 21.9. The highest BCUT2D eigenvalue weighted by atomic mass is 16.4. The number of carboxylic acids is 1. The fourth-order valence-electron chi connectivity index (χ4n) is 1.65. The van der Waals surface area contributed by atoms with E-state index < -0.39 is 5.97 Å². The van der Waals surface area contributed by atoms with Crippen LogP contribution in [-0.4, -0.2) is 23.7 Å². The Kier molecular flexibility index (Phi) is 6.43. The van der Waals surface area contributed by atoms with Crippen molar-refractivity contribution in [3.8, 4) is 0 Å². The van der Waals surface area contributed by atoms with Gasteiger partial charge in [-0.1, -0.05) is 19.1 Å². The van der Waals surface area contributed by atoms with Gasteiger partial charge in [0.05, 0.1) is 0 Å².